The molecule has 27 heavy (non-hydrogen) atoms. The van der Waals surface area contributed by atoms with E-state index in [1.807, 2.05) is 35.2 Å². The van der Waals surface area contributed by atoms with E-state index in [1.165, 1.54) is 6.33 Å². The van der Waals surface area contributed by atoms with Crippen LogP contribution in [-0.2, 0) is 0 Å². The third kappa shape index (κ3) is 3.23. The van der Waals surface area contributed by atoms with Crippen molar-refractivity contribution in [1.82, 2.24) is 19.9 Å². The van der Waals surface area contributed by atoms with Gasteiger partial charge < -0.3 is 9.80 Å². The van der Waals surface area contributed by atoms with E-state index in [9.17, 15) is 9.18 Å². The van der Waals surface area contributed by atoms with Gasteiger partial charge in [0.15, 0.2) is 11.6 Å². The minimum absolute atomic E-state index is 0.00718. The highest BCUT2D eigenvalue weighted by molar-refractivity contribution is 5.94. The maximum absolute atomic E-state index is 14.9. The Morgan fingerprint density at radius 1 is 1.15 bits per heavy atom. The number of halogens is 1. The van der Waals surface area contributed by atoms with Crippen LogP contribution < -0.4 is 4.90 Å². The van der Waals surface area contributed by atoms with E-state index in [0.717, 1.165) is 0 Å². The molecule has 0 aliphatic carbocycles. The van der Waals surface area contributed by atoms with Crippen LogP contribution in [-0.4, -0.2) is 51.9 Å². The number of carbonyl (C=O) groups is 1. The molecule has 1 fully saturated rings. The number of pyridine rings is 1. The maximum atomic E-state index is 14.9. The lowest BCUT2D eigenvalue weighted by Crippen LogP contribution is -2.60. The van der Waals surface area contributed by atoms with Crippen molar-refractivity contribution < 1.29 is 9.18 Å². The first-order chi connectivity index (χ1) is 13.1. The van der Waals surface area contributed by atoms with Gasteiger partial charge in [0.2, 0.25) is 0 Å². The molecule has 7 heteroatoms. The summed E-state index contributed by atoms with van der Waals surface area (Å²) in [5.41, 5.74) is 1.53. The Labute approximate surface area is 156 Å². The summed E-state index contributed by atoms with van der Waals surface area (Å²) in [5.74, 6) is -0.272. The van der Waals surface area contributed by atoms with E-state index in [0.29, 0.717) is 24.2 Å². The van der Waals surface area contributed by atoms with E-state index in [1.54, 1.807) is 36.5 Å². The number of aromatic nitrogens is 3. The molecule has 136 valence electrons. The molecule has 1 saturated heterocycles. The summed E-state index contributed by atoms with van der Waals surface area (Å²) in [6.07, 6.45) is 4.55. The zero-order valence-electron chi connectivity index (χ0n) is 14.8. The molecule has 0 saturated carbocycles. The molecule has 0 radical (unpaired) electrons. The van der Waals surface area contributed by atoms with Crippen LogP contribution in [0.2, 0.25) is 0 Å². The van der Waals surface area contributed by atoms with E-state index in [4.69, 9.17) is 0 Å². The number of carbonyl (C=O) groups excluding carboxylic acids is 1. The number of likely N-dealkylation sites (N-methyl/N-ethyl adjacent to an activating group) is 1. The Balaban J connectivity index is 1.48. The summed E-state index contributed by atoms with van der Waals surface area (Å²) in [6.45, 7) is 1.04. The fourth-order valence-electron chi connectivity index (χ4n) is 3.11. The highest BCUT2D eigenvalue weighted by Crippen LogP contribution is 2.29. The van der Waals surface area contributed by atoms with Crippen LogP contribution in [0.3, 0.4) is 0 Å². The highest BCUT2D eigenvalue weighted by Gasteiger charge is 2.35. The van der Waals surface area contributed by atoms with Crippen LogP contribution in [0.25, 0.3) is 11.3 Å². The van der Waals surface area contributed by atoms with Gasteiger partial charge in [-0.2, -0.15) is 0 Å². The molecule has 0 atom stereocenters. The molecular formula is C20H18FN5O. The third-order valence-corrected chi connectivity index (χ3v) is 4.76. The van der Waals surface area contributed by atoms with Crippen molar-refractivity contribution in [2.45, 2.75) is 6.04 Å². The Morgan fingerprint density at radius 3 is 2.63 bits per heavy atom. The molecule has 1 aliphatic heterocycles. The van der Waals surface area contributed by atoms with Gasteiger partial charge in [-0.05, 0) is 12.1 Å². The van der Waals surface area contributed by atoms with Crippen molar-refractivity contribution in [3.63, 3.8) is 0 Å². The second-order valence-electron chi connectivity index (χ2n) is 6.44. The SMILES string of the molecule is CN(C(=O)c1cccnc1)C1CN(c2ncnc(-c3ccccc3)c2F)C1. The Kier molecular flexibility index (Phi) is 4.50. The first kappa shape index (κ1) is 17.1. The lowest BCUT2D eigenvalue weighted by Gasteiger charge is -2.44. The van der Waals surface area contributed by atoms with E-state index in [-0.39, 0.29) is 23.5 Å². The number of benzene rings is 1. The molecule has 1 aliphatic rings. The van der Waals surface area contributed by atoms with Crippen LogP contribution in [0, 0.1) is 5.82 Å². The second-order valence-corrected chi connectivity index (χ2v) is 6.44. The molecule has 4 rings (SSSR count). The van der Waals surface area contributed by atoms with Crippen molar-refractivity contribution in [3.8, 4) is 11.3 Å². The predicted octanol–water partition coefficient (Wildman–Crippen LogP) is 2.64. The van der Waals surface area contributed by atoms with Gasteiger partial charge in [-0.25, -0.2) is 14.4 Å². The number of rotatable bonds is 4. The van der Waals surface area contributed by atoms with E-state index in [2.05, 4.69) is 15.0 Å². The van der Waals surface area contributed by atoms with Crippen molar-refractivity contribution >= 4 is 11.7 Å². The molecule has 1 amide bonds. The van der Waals surface area contributed by atoms with Crippen LogP contribution in [0.15, 0.2) is 61.2 Å². The Hall–Kier alpha value is -3.35. The number of hydrogen-bond acceptors (Lipinski definition) is 5. The van der Waals surface area contributed by atoms with Gasteiger partial charge in [-0.3, -0.25) is 9.78 Å². The average Bonchev–Trinajstić information content (AvgIpc) is 2.69. The summed E-state index contributed by atoms with van der Waals surface area (Å²) >= 11 is 0. The lowest BCUT2D eigenvalue weighted by molar-refractivity contribution is 0.0704. The lowest BCUT2D eigenvalue weighted by atomic mass is 10.1. The molecule has 0 spiro atoms. The molecule has 0 unspecified atom stereocenters. The average molecular weight is 363 g/mol. The Morgan fingerprint density at radius 2 is 1.93 bits per heavy atom. The quantitative estimate of drug-likeness (QED) is 0.713. The molecule has 0 N–H and O–H groups in total. The maximum Gasteiger partial charge on any atom is 0.255 e. The fourth-order valence-corrected chi connectivity index (χ4v) is 3.11. The Bertz CT molecular complexity index is 945. The summed E-state index contributed by atoms with van der Waals surface area (Å²) in [5, 5.41) is 0. The van der Waals surface area contributed by atoms with Crippen molar-refractivity contribution in [1.29, 1.82) is 0 Å². The van der Waals surface area contributed by atoms with E-state index >= 15 is 0 Å². The summed E-state index contributed by atoms with van der Waals surface area (Å²) in [4.78, 5) is 28.2. The van der Waals surface area contributed by atoms with E-state index < -0.39 is 5.82 Å². The topological polar surface area (TPSA) is 62.2 Å². The summed E-state index contributed by atoms with van der Waals surface area (Å²) < 4.78 is 14.9. The standard InChI is InChI=1S/C20H18FN5O/c1-25(20(27)15-8-5-9-22-10-15)16-11-26(12-16)19-17(21)18(23-13-24-19)14-6-3-2-4-7-14/h2-10,13,16H,11-12H2,1H3. The van der Waals surface area contributed by atoms with Crippen molar-refractivity contribution in [2.24, 2.45) is 0 Å². The van der Waals surface area contributed by atoms with Gasteiger partial charge in [-0.1, -0.05) is 30.3 Å². The predicted molar refractivity (Wildman–Crippen MR) is 99.8 cm³/mol. The number of anilines is 1. The molecule has 3 aromatic rings. The minimum atomic E-state index is -0.441. The van der Waals surface area contributed by atoms with Gasteiger partial charge in [0.1, 0.15) is 12.0 Å². The fraction of sp³-hybridized carbons (Fsp3) is 0.200. The smallest absolute Gasteiger partial charge is 0.255 e. The summed E-state index contributed by atoms with van der Waals surface area (Å²) in [7, 11) is 1.75. The molecular weight excluding hydrogens is 345 g/mol. The zero-order chi connectivity index (χ0) is 18.8. The van der Waals surface area contributed by atoms with Gasteiger partial charge in [0.25, 0.3) is 5.91 Å². The first-order valence-corrected chi connectivity index (χ1v) is 8.63. The van der Waals surface area contributed by atoms with Crippen LogP contribution >= 0.6 is 0 Å². The van der Waals surface area contributed by atoms with Crippen LogP contribution in [0.1, 0.15) is 10.4 Å². The van der Waals surface area contributed by atoms with Crippen LogP contribution in [0.5, 0.6) is 0 Å². The normalized spacial score (nSPS) is 13.9. The number of hydrogen-bond donors (Lipinski definition) is 0. The third-order valence-electron chi connectivity index (χ3n) is 4.76. The highest BCUT2D eigenvalue weighted by atomic mass is 19.1. The van der Waals surface area contributed by atoms with Crippen molar-refractivity contribution in [2.75, 3.05) is 25.0 Å². The molecule has 2 aromatic heterocycles. The molecule has 3 heterocycles. The molecule has 1 aromatic carbocycles. The first-order valence-electron chi connectivity index (χ1n) is 8.63. The zero-order valence-corrected chi connectivity index (χ0v) is 14.8. The van der Waals surface area contributed by atoms with Crippen LogP contribution in [0.4, 0.5) is 10.2 Å². The monoisotopic (exact) mass is 363 g/mol. The largest absolute Gasteiger partial charge is 0.350 e. The van der Waals surface area contributed by atoms with Gasteiger partial charge >= 0.3 is 0 Å². The van der Waals surface area contributed by atoms with Gasteiger partial charge in [0, 0.05) is 38.1 Å². The summed E-state index contributed by atoms with van der Waals surface area (Å²) in [6, 6.07) is 12.6. The minimum Gasteiger partial charge on any atom is -0.350 e. The number of nitrogens with zero attached hydrogens (tertiary/aromatic N) is 5. The van der Waals surface area contributed by atoms with Gasteiger partial charge in [0.05, 0.1) is 11.6 Å². The molecule has 0 bridgehead atoms. The molecule has 6 nitrogen and oxygen atoms in total. The van der Waals surface area contributed by atoms with Gasteiger partial charge in [-0.15, -0.1) is 0 Å². The number of amides is 1. The second kappa shape index (κ2) is 7.11. The van der Waals surface area contributed by atoms with Crippen molar-refractivity contribution in [3.05, 3.63) is 72.6 Å².